The van der Waals surface area contributed by atoms with E-state index >= 15 is 0 Å². The van der Waals surface area contributed by atoms with Crippen molar-refractivity contribution in [1.29, 1.82) is 0 Å². The van der Waals surface area contributed by atoms with Crippen LogP contribution in [0.25, 0.3) is 11.0 Å². The maximum absolute atomic E-state index is 13.0. The highest BCUT2D eigenvalue weighted by Gasteiger charge is 2.20. The summed E-state index contributed by atoms with van der Waals surface area (Å²) >= 11 is 0. The molecular formula is C22H21NO7. The van der Waals surface area contributed by atoms with E-state index in [9.17, 15) is 9.59 Å². The number of nitrogens with zero attached hydrogens (tertiary/aromatic N) is 1. The Morgan fingerprint density at radius 3 is 2.53 bits per heavy atom. The maximum atomic E-state index is 13.0. The van der Waals surface area contributed by atoms with Crippen LogP contribution in [-0.4, -0.2) is 44.4 Å². The van der Waals surface area contributed by atoms with Gasteiger partial charge in [0.15, 0.2) is 11.5 Å². The molecule has 4 rings (SSSR count). The summed E-state index contributed by atoms with van der Waals surface area (Å²) in [5, 5.41) is 0.316. The number of methoxy groups -OCH3 is 1. The predicted octanol–water partition coefficient (Wildman–Crippen LogP) is 3.73. The lowest BCUT2D eigenvalue weighted by Crippen LogP contribution is -2.42. The standard InChI is InChI=1S/C22H21NO7/c1-14-21(30-18-6-4-3-5-17(18)26-2)20(24)16-8-7-15(13-19(16)28-14)29-22(25)23-9-11-27-12-10-23/h3-8,13H,9-12H2,1-2H3. The van der Waals surface area contributed by atoms with Gasteiger partial charge in [0.1, 0.15) is 17.1 Å². The Balaban J connectivity index is 1.62. The molecule has 0 saturated carbocycles. The lowest BCUT2D eigenvalue weighted by Gasteiger charge is -2.25. The van der Waals surface area contributed by atoms with Crippen LogP contribution in [0.15, 0.2) is 51.7 Å². The number of fused-ring (bicyclic) bond motifs is 1. The average Bonchev–Trinajstić information content (AvgIpc) is 2.77. The Morgan fingerprint density at radius 1 is 1.07 bits per heavy atom. The number of aryl methyl sites for hydroxylation is 1. The Labute approximate surface area is 172 Å². The number of amides is 1. The molecule has 3 aromatic rings. The molecule has 0 bridgehead atoms. The number of para-hydroxylation sites is 2. The molecule has 1 fully saturated rings. The fourth-order valence-corrected chi connectivity index (χ4v) is 3.17. The van der Waals surface area contributed by atoms with Crippen LogP contribution in [0.4, 0.5) is 4.79 Å². The van der Waals surface area contributed by atoms with Gasteiger partial charge in [-0.1, -0.05) is 12.1 Å². The number of carbonyl (C=O) groups is 1. The van der Waals surface area contributed by atoms with Crippen molar-refractivity contribution in [2.24, 2.45) is 0 Å². The molecule has 1 aromatic heterocycles. The van der Waals surface area contributed by atoms with E-state index in [1.165, 1.54) is 13.2 Å². The minimum absolute atomic E-state index is 0.0741. The van der Waals surface area contributed by atoms with Gasteiger partial charge < -0.3 is 28.3 Å². The predicted molar refractivity (Wildman–Crippen MR) is 109 cm³/mol. The first-order chi connectivity index (χ1) is 14.6. The zero-order valence-corrected chi connectivity index (χ0v) is 16.7. The van der Waals surface area contributed by atoms with Crippen LogP contribution in [0, 0.1) is 6.92 Å². The van der Waals surface area contributed by atoms with Crippen molar-refractivity contribution in [3.05, 3.63) is 58.4 Å². The van der Waals surface area contributed by atoms with Crippen LogP contribution >= 0.6 is 0 Å². The van der Waals surface area contributed by atoms with Crippen molar-refractivity contribution in [1.82, 2.24) is 4.90 Å². The first-order valence-electron chi connectivity index (χ1n) is 9.49. The van der Waals surface area contributed by atoms with Crippen molar-refractivity contribution in [3.8, 4) is 23.0 Å². The Kier molecular flexibility index (Phi) is 5.58. The van der Waals surface area contributed by atoms with Gasteiger partial charge in [-0.3, -0.25) is 4.79 Å². The third kappa shape index (κ3) is 3.95. The summed E-state index contributed by atoms with van der Waals surface area (Å²) in [4.78, 5) is 26.8. The molecule has 1 amide bonds. The van der Waals surface area contributed by atoms with Crippen molar-refractivity contribution in [2.45, 2.75) is 6.92 Å². The average molecular weight is 411 g/mol. The fraction of sp³-hybridized carbons (Fsp3) is 0.273. The van der Waals surface area contributed by atoms with E-state index in [1.807, 2.05) is 0 Å². The second-order valence-corrected chi connectivity index (χ2v) is 6.69. The third-order valence-electron chi connectivity index (χ3n) is 4.74. The van der Waals surface area contributed by atoms with Crippen LogP contribution in [0.3, 0.4) is 0 Å². The van der Waals surface area contributed by atoms with E-state index in [4.69, 9.17) is 23.4 Å². The second-order valence-electron chi connectivity index (χ2n) is 6.69. The number of rotatable bonds is 4. The molecule has 2 heterocycles. The van der Waals surface area contributed by atoms with E-state index in [1.54, 1.807) is 48.2 Å². The van der Waals surface area contributed by atoms with Crippen molar-refractivity contribution >= 4 is 17.1 Å². The first-order valence-corrected chi connectivity index (χ1v) is 9.49. The van der Waals surface area contributed by atoms with Crippen LogP contribution in [-0.2, 0) is 4.74 Å². The molecule has 0 spiro atoms. The smallest absolute Gasteiger partial charge is 0.415 e. The van der Waals surface area contributed by atoms with Gasteiger partial charge in [0.2, 0.25) is 11.2 Å². The second kappa shape index (κ2) is 8.46. The Bertz CT molecular complexity index is 1130. The largest absolute Gasteiger partial charge is 0.493 e. The molecule has 0 atom stereocenters. The van der Waals surface area contributed by atoms with Gasteiger partial charge >= 0.3 is 6.09 Å². The third-order valence-corrected chi connectivity index (χ3v) is 4.74. The molecule has 0 unspecified atom stereocenters. The van der Waals surface area contributed by atoms with Gasteiger partial charge in [-0.25, -0.2) is 4.79 Å². The molecule has 0 N–H and O–H groups in total. The highest BCUT2D eigenvalue weighted by atomic mass is 16.6. The molecule has 2 aromatic carbocycles. The van der Waals surface area contributed by atoms with E-state index < -0.39 is 6.09 Å². The quantitative estimate of drug-likeness (QED) is 0.646. The molecular weight excluding hydrogens is 390 g/mol. The minimum Gasteiger partial charge on any atom is -0.493 e. The summed E-state index contributed by atoms with van der Waals surface area (Å²) in [6, 6.07) is 11.7. The Morgan fingerprint density at radius 2 is 1.80 bits per heavy atom. The van der Waals surface area contributed by atoms with Gasteiger partial charge in [0.25, 0.3) is 0 Å². The fourth-order valence-electron chi connectivity index (χ4n) is 3.17. The molecule has 1 aliphatic heterocycles. The first kappa shape index (κ1) is 19.8. The molecule has 8 nitrogen and oxygen atoms in total. The van der Waals surface area contributed by atoms with Crippen LogP contribution in [0.5, 0.6) is 23.0 Å². The number of morpholine rings is 1. The minimum atomic E-state index is -0.465. The summed E-state index contributed by atoms with van der Waals surface area (Å²) in [7, 11) is 1.53. The number of hydrogen-bond acceptors (Lipinski definition) is 7. The SMILES string of the molecule is COc1ccccc1Oc1c(C)oc2cc(OC(=O)N3CCOCC3)ccc2c1=O. The van der Waals surface area contributed by atoms with E-state index in [0.717, 1.165) is 0 Å². The maximum Gasteiger partial charge on any atom is 0.415 e. The normalized spacial score (nSPS) is 13.9. The van der Waals surface area contributed by atoms with Crippen LogP contribution in [0.1, 0.15) is 5.76 Å². The monoisotopic (exact) mass is 411 g/mol. The molecule has 8 heteroatoms. The lowest BCUT2D eigenvalue weighted by molar-refractivity contribution is 0.0416. The molecule has 30 heavy (non-hydrogen) atoms. The van der Waals surface area contributed by atoms with Gasteiger partial charge in [0.05, 0.1) is 25.7 Å². The van der Waals surface area contributed by atoms with Crippen molar-refractivity contribution in [3.63, 3.8) is 0 Å². The molecule has 0 aliphatic carbocycles. The summed E-state index contributed by atoms with van der Waals surface area (Å²) in [6.45, 7) is 3.55. The van der Waals surface area contributed by atoms with Gasteiger partial charge in [-0.2, -0.15) is 0 Å². The highest BCUT2D eigenvalue weighted by Crippen LogP contribution is 2.32. The topological polar surface area (TPSA) is 87.4 Å². The summed E-state index contributed by atoms with van der Waals surface area (Å²) in [5.41, 5.74) is -0.0251. The van der Waals surface area contributed by atoms with Gasteiger partial charge in [-0.15, -0.1) is 0 Å². The summed E-state index contributed by atoms with van der Waals surface area (Å²) < 4.78 is 27.5. The zero-order valence-electron chi connectivity index (χ0n) is 16.7. The molecule has 0 radical (unpaired) electrons. The molecule has 156 valence electrons. The number of hydrogen-bond donors (Lipinski definition) is 0. The van der Waals surface area contributed by atoms with Crippen molar-refractivity contribution in [2.75, 3.05) is 33.4 Å². The molecule has 1 saturated heterocycles. The van der Waals surface area contributed by atoms with E-state index in [0.29, 0.717) is 60.3 Å². The summed E-state index contributed by atoms with van der Waals surface area (Å²) in [5.74, 6) is 1.58. The van der Waals surface area contributed by atoms with Gasteiger partial charge in [-0.05, 0) is 31.2 Å². The Hall–Kier alpha value is -3.52. The van der Waals surface area contributed by atoms with Gasteiger partial charge in [0, 0.05) is 19.2 Å². The lowest BCUT2D eigenvalue weighted by atomic mass is 10.2. The molecule has 1 aliphatic rings. The number of benzene rings is 2. The van der Waals surface area contributed by atoms with E-state index in [-0.39, 0.29) is 11.2 Å². The number of carbonyl (C=O) groups excluding carboxylic acids is 1. The van der Waals surface area contributed by atoms with Crippen LogP contribution in [0.2, 0.25) is 0 Å². The zero-order chi connectivity index (χ0) is 21.1. The highest BCUT2D eigenvalue weighted by molar-refractivity contribution is 5.81. The van der Waals surface area contributed by atoms with E-state index in [2.05, 4.69) is 0 Å². The van der Waals surface area contributed by atoms with Crippen LogP contribution < -0.4 is 19.6 Å². The summed E-state index contributed by atoms with van der Waals surface area (Å²) in [6.07, 6.45) is -0.465. The van der Waals surface area contributed by atoms with Crippen molar-refractivity contribution < 1.29 is 28.2 Å². The number of ether oxygens (including phenoxy) is 4.